The molecule has 0 atom stereocenters. The lowest BCUT2D eigenvalue weighted by molar-refractivity contribution is -0.137. The third kappa shape index (κ3) is 3.92. The molecule has 0 bridgehead atoms. The number of alkyl halides is 3. The Morgan fingerprint density at radius 3 is 2.35 bits per heavy atom. The van der Waals surface area contributed by atoms with Gasteiger partial charge >= 0.3 is 6.18 Å². The monoisotopic (exact) mass is 364 g/mol. The molecule has 2 aromatic carbocycles. The minimum Gasteiger partial charge on any atom is -0.497 e. The first-order valence-electron chi connectivity index (χ1n) is 8.24. The number of halogens is 3. The van der Waals surface area contributed by atoms with E-state index in [1.165, 1.54) is 12.1 Å². The third-order valence-electron chi connectivity index (χ3n) is 4.42. The maximum atomic E-state index is 12.8. The molecular weight excluding hydrogens is 345 g/mol. The number of rotatable bonds is 3. The van der Waals surface area contributed by atoms with Crippen LogP contribution < -0.4 is 9.64 Å². The Hall–Kier alpha value is -2.70. The highest BCUT2D eigenvalue weighted by Crippen LogP contribution is 2.30. The summed E-state index contributed by atoms with van der Waals surface area (Å²) in [5.74, 6) is 0.381. The number of methoxy groups -OCH3 is 1. The van der Waals surface area contributed by atoms with Crippen LogP contribution in [-0.2, 0) is 6.18 Å². The second kappa shape index (κ2) is 7.27. The topological polar surface area (TPSA) is 32.8 Å². The number of carbonyl (C=O) groups is 1. The van der Waals surface area contributed by atoms with Gasteiger partial charge in [0, 0.05) is 43.5 Å². The molecule has 1 aliphatic rings. The average Bonchev–Trinajstić information content (AvgIpc) is 2.67. The van der Waals surface area contributed by atoms with Gasteiger partial charge in [-0.3, -0.25) is 4.79 Å². The molecule has 4 nitrogen and oxygen atoms in total. The van der Waals surface area contributed by atoms with Crippen molar-refractivity contribution in [2.24, 2.45) is 0 Å². The zero-order valence-electron chi connectivity index (χ0n) is 14.3. The van der Waals surface area contributed by atoms with Crippen molar-refractivity contribution in [3.8, 4) is 5.75 Å². The van der Waals surface area contributed by atoms with Gasteiger partial charge in [-0.2, -0.15) is 13.2 Å². The van der Waals surface area contributed by atoms with Gasteiger partial charge in [0.15, 0.2) is 0 Å². The van der Waals surface area contributed by atoms with Crippen LogP contribution in [0.1, 0.15) is 15.9 Å². The van der Waals surface area contributed by atoms with Crippen molar-refractivity contribution in [2.75, 3.05) is 38.2 Å². The van der Waals surface area contributed by atoms with Gasteiger partial charge in [-0.15, -0.1) is 0 Å². The smallest absolute Gasteiger partial charge is 0.416 e. The summed E-state index contributed by atoms with van der Waals surface area (Å²) in [6.45, 7) is 2.12. The molecule has 3 rings (SSSR count). The second-order valence-electron chi connectivity index (χ2n) is 6.06. The van der Waals surface area contributed by atoms with Crippen LogP contribution in [0.3, 0.4) is 0 Å². The van der Waals surface area contributed by atoms with Gasteiger partial charge in [0.2, 0.25) is 0 Å². The predicted octanol–water partition coefficient (Wildman–Crippen LogP) is 3.68. The highest BCUT2D eigenvalue weighted by molar-refractivity contribution is 5.94. The third-order valence-corrected chi connectivity index (χ3v) is 4.42. The van der Waals surface area contributed by atoms with Gasteiger partial charge in [0.25, 0.3) is 5.91 Å². The molecule has 1 aliphatic heterocycles. The van der Waals surface area contributed by atoms with Crippen molar-refractivity contribution >= 4 is 11.6 Å². The standard InChI is InChI=1S/C19H19F3N2O2/c1-26-17-7-3-6-16(13-17)23-8-10-24(11-9-23)18(25)14-4-2-5-15(12-14)19(20,21)22/h2-7,12-13H,8-11H2,1H3. The second-order valence-corrected chi connectivity index (χ2v) is 6.06. The Balaban J connectivity index is 1.67. The van der Waals surface area contributed by atoms with Crippen molar-refractivity contribution in [1.29, 1.82) is 0 Å². The fourth-order valence-corrected chi connectivity index (χ4v) is 2.99. The summed E-state index contributed by atoms with van der Waals surface area (Å²) < 4.78 is 43.7. The molecule has 26 heavy (non-hydrogen) atoms. The molecule has 1 saturated heterocycles. The minimum absolute atomic E-state index is 0.0645. The Bertz CT molecular complexity index is 784. The summed E-state index contributed by atoms with van der Waals surface area (Å²) in [6.07, 6.45) is -4.46. The maximum absolute atomic E-state index is 12.8. The molecule has 138 valence electrons. The van der Waals surface area contributed by atoms with Gasteiger partial charge in [-0.25, -0.2) is 0 Å². The number of piperazine rings is 1. The van der Waals surface area contributed by atoms with Crippen LogP contribution in [0, 0.1) is 0 Å². The highest BCUT2D eigenvalue weighted by atomic mass is 19.4. The van der Waals surface area contributed by atoms with Gasteiger partial charge in [0.05, 0.1) is 12.7 Å². The molecule has 0 unspecified atom stereocenters. The average molecular weight is 364 g/mol. The van der Waals surface area contributed by atoms with Gasteiger partial charge in [-0.1, -0.05) is 12.1 Å². The van der Waals surface area contributed by atoms with E-state index in [0.29, 0.717) is 26.2 Å². The maximum Gasteiger partial charge on any atom is 0.416 e. The van der Waals surface area contributed by atoms with E-state index >= 15 is 0 Å². The number of benzene rings is 2. The first-order valence-corrected chi connectivity index (χ1v) is 8.24. The van der Waals surface area contributed by atoms with Crippen LogP contribution >= 0.6 is 0 Å². The van der Waals surface area contributed by atoms with Gasteiger partial charge < -0.3 is 14.5 Å². The molecule has 0 saturated carbocycles. The molecule has 1 amide bonds. The number of hydrogen-bond donors (Lipinski definition) is 0. The lowest BCUT2D eigenvalue weighted by Crippen LogP contribution is -2.48. The number of hydrogen-bond acceptors (Lipinski definition) is 3. The van der Waals surface area contributed by atoms with Gasteiger partial charge in [0.1, 0.15) is 5.75 Å². The summed E-state index contributed by atoms with van der Waals surface area (Å²) in [5, 5.41) is 0. The molecule has 7 heteroatoms. The fraction of sp³-hybridized carbons (Fsp3) is 0.316. The molecule has 0 spiro atoms. The van der Waals surface area contributed by atoms with E-state index in [9.17, 15) is 18.0 Å². The SMILES string of the molecule is COc1cccc(N2CCN(C(=O)c3cccc(C(F)(F)F)c3)CC2)c1. The predicted molar refractivity (Wildman–Crippen MR) is 92.6 cm³/mol. The number of carbonyl (C=O) groups excluding carboxylic acids is 1. The number of anilines is 1. The number of nitrogens with zero attached hydrogens (tertiary/aromatic N) is 2. The molecule has 2 aromatic rings. The Morgan fingerprint density at radius 1 is 1.00 bits per heavy atom. The van der Waals surface area contributed by atoms with Crippen molar-refractivity contribution in [1.82, 2.24) is 4.90 Å². The van der Waals surface area contributed by atoms with Crippen LogP contribution in [0.4, 0.5) is 18.9 Å². The van der Waals surface area contributed by atoms with Crippen LogP contribution in [0.5, 0.6) is 5.75 Å². The van der Waals surface area contributed by atoms with Gasteiger partial charge in [-0.05, 0) is 30.3 Å². The van der Waals surface area contributed by atoms with E-state index in [0.717, 1.165) is 23.6 Å². The fourth-order valence-electron chi connectivity index (χ4n) is 2.99. The first kappa shape index (κ1) is 18.1. The summed E-state index contributed by atoms with van der Waals surface area (Å²) in [4.78, 5) is 16.3. The van der Waals surface area contributed by atoms with Crippen molar-refractivity contribution < 1.29 is 22.7 Å². The molecule has 1 heterocycles. The molecule has 0 N–H and O–H groups in total. The summed E-state index contributed by atoms with van der Waals surface area (Å²) >= 11 is 0. The first-order chi connectivity index (χ1) is 12.4. The van der Waals surface area contributed by atoms with Crippen LogP contribution in [0.15, 0.2) is 48.5 Å². The van der Waals surface area contributed by atoms with Crippen LogP contribution in [-0.4, -0.2) is 44.1 Å². The zero-order valence-corrected chi connectivity index (χ0v) is 14.3. The van der Waals surface area contributed by atoms with E-state index in [4.69, 9.17) is 4.74 Å². The number of ether oxygens (including phenoxy) is 1. The summed E-state index contributed by atoms with van der Waals surface area (Å²) in [6, 6.07) is 12.2. The van der Waals surface area contributed by atoms with Crippen molar-refractivity contribution in [3.05, 3.63) is 59.7 Å². The molecule has 1 fully saturated rings. The Kier molecular flexibility index (Phi) is 5.06. The largest absolute Gasteiger partial charge is 0.497 e. The lowest BCUT2D eigenvalue weighted by Gasteiger charge is -2.36. The van der Waals surface area contributed by atoms with E-state index in [1.807, 2.05) is 24.3 Å². The quantitative estimate of drug-likeness (QED) is 0.833. The van der Waals surface area contributed by atoms with E-state index in [2.05, 4.69) is 4.90 Å². The van der Waals surface area contributed by atoms with Crippen molar-refractivity contribution in [2.45, 2.75) is 6.18 Å². The van der Waals surface area contributed by atoms with E-state index in [-0.39, 0.29) is 11.5 Å². The molecule has 0 aliphatic carbocycles. The van der Waals surface area contributed by atoms with E-state index in [1.54, 1.807) is 12.0 Å². The number of amides is 1. The van der Waals surface area contributed by atoms with E-state index < -0.39 is 11.7 Å². The molecule has 0 radical (unpaired) electrons. The Labute approximate surface area is 149 Å². The van der Waals surface area contributed by atoms with Crippen LogP contribution in [0.2, 0.25) is 0 Å². The van der Waals surface area contributed by atoms with Crippen LogP contribution in [0.25, 0.3) is 0 Å². The normalized spacial score (nSPS) is 15.1. The molecule has 0 aromatic heterocycles. The van der Waals surface area contributed by atoms with Crippen molar-refractivity contribution in [3.63, 3.8) is 0 Å². The summed E-state index contributed by atoms with van der Waals surface area (Å²) in [7, 11) is 1.60. The highest BCUT2D eigenvalue weighted by Gasteiger charge is 2.31. The molecular formula is C19H19F3N2O2. The zero-order chi connectivity index (χ0) is 18.7. The lowest BCUT2D eigenvalue weighted by atomic mass is 10.1. The minimum atomic E-state index is -4.46. The Morgan fingerprint density at radius 2 is 1.69 bits per heavy atom. The summed E-state index contributed by atoms with van der Waals surface area (Å²) in [5.41, 5.74) is 0.253.